The summed E-state index contributed by atoms with van der Waals surface area (Å²) in [5, 5.41) is 14.0. The van der Waals surface area contributed by atoms with E-state index in [1.165, 1.54) is 23.1 Å². The van der Waals surface area contributed by atoms with Gasteiger partial charge in [-0.1, -0.05) is 49.7 Å². The Morgan fingerprint density at radius 1 is 1.11 bits per heavy atom. The molecule has 0 aliphatic heterocycles. The smallest absolute Gasteiger partial charge is 0.271 e. The molecule has 35 heavy (non-hydrogen) atoms. The predicted octanol–water partition coefficient (Wildman–Crippen LogP) is 3.00. The number of nitro benzene ring substituents is 1. The molecule has 0 saturated heterocycles. The van der Waals surface area contributed by atoms with E-state index < -0.39 is 33.4 Å². The highest BCUT2D eigenvalue weighted by atomic mass is 32.2. The minimum Gasteiger partial charge on any atom is -0.354 e. The second-order valence-corrected chi connectivity index (χ2v) is 10.2. The number of aryl methyl sites for hydroxylation is 1. The van der Waals surface area contributed by atoms with Crippen LogP contribution in [0.5, 0.6) is 0 Å². The van der Waals surface area contributed by atoms with Crippen LogP contribution in [0.4, 0.5) is 11.4 Å². The first-order chi connectivity index (χ1) is 16.5. The van der Waals surface area contributed by atoms with Crippen LogP contribution < -0.4 is 9.62 Å². The Morgan fingerprint density at radius 3 is 2.37 bits per heavy atom. The molecule has 2 rings (SSSR count). The molecule has 2 aromatic rings. The first-order valence-corrected chi connectivity index (χ1v) is 13.2. The zero-order valence-electron chi connectivity index (χ0n) is 20.4. The lowest BCUT2D eigenvalue weighted by Crippen LogP contribution is -2.52. The molecule has 0 aliphatic carbocycles. The molecule has 0 aromatic heterocycles. The van der Waals surface area contributed by atoms with E-state index >= 15 is 0 Å². The maximum Gasteiger partial charge on any atom is 0.271 e. The Hall–Kier alpha value is -3.47. The Bertz CT molecular complexity index is 1170. The van der Waals surface area contributed by atoms with E-state index in [9.17, 15) is 28.1 Å². The zero-order chi connectivity index (χ0) is 26.2. The van der Waals surface area contributed by atoms with E-state index in [-0.39, 0.29) is 23.8 Å². The minimum atomic E-state index is -3.97. The van der Waals surface area contributed by atoms with Crippen molar-refractivity contribution in [3.63, 3.8) is 0 Å². The highest BCUT2D eigenvalue weighted by Crippen LogP contribution is 2.24. The van der Waals surface area contributed by atoms with Gasteiger partial charge >= 0.3 is 0 Å². The van der Waals surface area contributed by atoms with Crippen LogP contribution in [0.3, 0.4) is 0 Å². The first kappa shape index (κ1) is 27.8. The van der Waals surface area contributed by atoms with Crippen molar-refractivity contribution < 1.29 is 22.9 Å². The third kappa shape index (κ3) is 7.78. The molecule has 0 heterocycles. The van der Waals surface area contributed by atoms with Crippen LogP contribution in [0.1, 0.15) is 37.8 Å². The van der Waals surface area contributed by atoms with Crippen molar-refractivity contribution in [2.45, 2.75) is 46.2 Å². The lowest BCUT2D eigenvalue weighted by Gasteiger charge is -2.33. The number of carbonyl (C=O) groups excluding carboxylic acids is 2. The number of hydrogen-bond acceptors (Lipinski definition) is 6. The normalized spacial score (nSPS) is 12.0. The van der Waals surface area contributed by atoms with Gasteiger partial charge in [0.15, 0.2) is 0 Å². The molecule has 0 radical (unpaired) electrons. The number of hydrogen-bond donors (Lipinski definition) is 1. The molecule has 0 aliphatic rings. The fraction of sp³-hybridized carbons (Fsp3) is 0.417. The molecular formula is C24H32N4O6S. The summed E-state index contributed by atoms with van der Waals surface area (Å²) >= 11 is 0. The van der Waals surface area contributed by atoms with Gasteiger partial charge in [-0.3, -0.25) is 24.0 Å². The summed E-state index contributed by atoms with van der Waals surface area (Å²) in [5.74, 6) is -0.918. The quantitative estimate of drug-likeness (QED) is 0.349. The van der Waals surface area contributed by atoms with E-state index in [0.29, 0.717) is 13.0 Å². The van der Waals surface area contributed by atoms with Crippen molar-refractivity contribution in [1.82, 2.24) is 10.2 Å². The van der Waals surface area contributed by atoms with Crippen LogP contribution in [-0.4, -0.2) is 55.4 Å². The van der Waals surface area contributed by atoms with E-state index in [1.54, 1.807) is 6.92 Å². The molecule has 10 nitrogen and oxygen atoms in total. The maximum absolute atomic E-state index is 13.6. The molecule has 0 unspecified atom stereocenters. The summed E-state index contributed by atoms with van der Waals surface area (Å²) in [6.45, 7) is 5.55. The number of carbonyl (C=O) groups is 2. The molecule has 1 atom stereocenters. The zero-order valence-corrected chi connectivity index (χ0v) is 21.2. The van der Waals surface area contributed by atoms with Gasteiger partial charge in [-0.2, -0.15) is 0 Å². The van der Waals surface area contributed by atoms with Gasteiger partial charge in [0.25, 0.3) is 5.69 Å². The average Bonchev–Trinajstić information content (AvgIpc) is 2.80. The molecule has 0 saturated carbocycles. The Morgan fingerprint density at radius 2 is 1.80 bits per heavy atom. The largest absolute Gasteiger partial charge is 0.354 e. The van der Waals surface area contributed by atoms with E-state index in [0.717, 1.165) is 34.2 Å². The van der Waals surface area contributed by atoms with Gasteiger partial charge in [0.2, 0.25) is 21.8 Å². The van der Waals surface area contributed by atoms with Gasteiger partial charge in [-0.25, -0.2) is 8.42 Å². The van der Waals surface area contributed by atoms with Crippen LogP contribution in [0, 0.1) is 17.0 Å². The van der Waals surface area contributed by atoms with Crippen LogP contribution in [-0.2, 0) is 26.2 Å². The molecule has 190 valence electrons. The Labute approximate surface area is 206 Å². The molecule has 11 heteroatoms. The lowest BCUT2D eigenvalue weighted by molar-refractivity contribution is -0.384. The average molecular weight is 505 g/mol. The summed E-state index contributed by atoms with van der Waals surface area (Å²) in [6, 6.07) is 11.7. The van der Waals surface area contributed by atoms with Crippen molar-refractivity contribution in [3.8, 4) is 0 Å². The third-order valence-corrected chi connectivity index (χ3v) is 6.52. The number of nitrogens with zero attached hydrogens (tertiary/aromatic N) is 3. The van der Waals surface area contributed by atoms with Crippen molar-refractivity contribution in [1.29, 1.82) is 0 Å². The van der Waals surface area contributed by atoms with Crippen molar-refractivity contribution >= 4 is 33.2 Å². The second-order valence-electron chi connectivity index (χ2n) is 8.27. The molecule has 2 amide bonds. The van der Waals surface area contributed by atoms with Crippen molar-refractivity contribution in [3.05, 3.63) is 69.8 Å². The second kappa shape index (κ2) is 12.3. The summed E-state index contributed by atoms with van der Waals surface area (Å²) < 4.78 is 26.0. The standard InChI is InChI=1S/C24H32N4O6S/c1-5-13-25-24(30)22(6-2)26(16-19-10-7-9-18(3)14-19)23(29)17-27(35(4,33)34)20-11-8-12-21(15-20)28(31)32/h7-12,14-15,22H,5-6,13,16-17H2,1-4H3,(H,25,30)/t22-/m0/s1. The van der Waals surface area contributed by atoms with Gasteiger partial charge in [-0.05, 0) is 31.4 Å². The summed E-state index contributed by atoms with van der Waals surface area (Å²) in [6.07, 6.45) is 1.97. The number of amides is 2. The third-order valence-electron chi connectivity index (χ3n) is 5.38. The number of benzene rings is 2. The number of rotatable bonds is 12. The first-order valence-electron chi connectivity index (χ1n) is 11.3. The molecule has 0 bridgehead atoms. The fourth-order valence-electron chi connectivity index (χ4n) is 3.67. The predicted molar refractivity (Wildman–Crippen MR) is 134 cm³/mol. The van der Waals surface area contributed by atoms with Gasteiger partial charge in [0, 0.05) is 25.2 Å². The molecule has 0 spiro atoms. The lowest BCUT2D eigenvalue weighted by atomic mass is 10.1. The monoisotopic (exact) mass is 504 g/mol. The molecule has 1 N–H and O–H groups in total. The minimum absolute atomic E-state index is 0.00552. The number of nitrogens with one attached hydrogen (secondary N) is 1. The molecular weight excluding hydrogens is 472 g/mol. The van der Waals surface area contributed by atoms with Crippen LogP contribution in [0.25, 0.3) is 0 Å². The van der Waals surface area contributed by atoms with Crippen LogP contribution >= 0.6 is 0 Å². The maximum atomic E-state index is 13.6. The SMILES string of the molecule is CCCNC(=O)[C@H](CC)N(Cc1cccc(C)c1)C(=O)CN(c1cccc([N+](=O)[O-])c1)S(C)(=O)=O. The number of sulfonamides is 1. The van der Waals surface area contributed by atoms with E-state index in [1.807, 2.05) is 38.1 Å². The number of nitro groups is 1. The summed E-state index contributed by atoms with van der Waals surface area (Å²) in [4.78, 5) is 38.4. The molecule has 0 fully saturated rings. The highest BCUT2D eigenvalue weighted by molar-refractivity contribution is 7.92. The van der Waals surface area contributed by atoms with Crippen molar-refractivity contribution in [2.24, 2.45) is 0 Å². The Balaban J connectivity index is 2.46. The van der Waals surface area contributed by atoms with Gasteiger partial charge < -0.3 is 10.2 Å². The number of anilines is 1. The van der Waals surface area contributed by atoms with Crippen molar-refractivity contribution in [2.75, 3.05) is 23.7 Å². The Kier molecular flexibility index (Phi) is 9.76. The van der Waals surface area contributed by atoms with Crippen LogP contribution in [0.2, 0.25) is 0 Å². The van der Waals surface area contributed by atoms with E-state index in [2.05, 4.69) is 5.32 Å². The summed E-state index contributed by atoms with van der Waals surface area (Å²) in [7, 11) is -3.97. The van der Waals surface area contributed by atoms with Gasteiger partial charge in [0.1, 0.15) is 12.6 Å². The topological polar surface area (TPSA) is 130 Å². The van der Waals surface area contributed by atoms with Crippen LogP contribution in [0.15, 0.2) is 48.5 Å². The van der Waals surface area contributed by atoms with E-state index in [4.69, 9.17) is 0 Å². The summed E-state index contributed by atoms with van der Waals surface area (Å²) in [5.41, 5.74) is 1.47. The number of non-ortho nitro benzene ring substituents is 1. The van der Waals surface area contributed by atoms with Gasteiger partial charge in [0.05, 0.1) is 16.9 Å². The fourth-order valence-corrected chi connectivity index (χ4v) is 4.51. The molecule has 2 aromatic carbocycles. The highest BCUT2D eigenvalue weighted by Gasteiger charge is 2.32. The van der Waals surface area contributed by atoms with Gasteiger partial charge in [-0.15, -0.1) is 0 Å².